The normalized spacial score (nSPS) is 13.1. The third-order valence-corrected chi connectivity index (χ3v) is 10.5. The quantitative estimate of drug-likeness (QED) is 0.149. The topological polar surface area (TPSA) is 51.6 Å². The monoisotopic (exact) mass is 676 g/mol. The van der Waals surface area contributed by atoms with E-state index in [-0.39, 0.29) is 0 Å². The molecule has 2 heterocycles. The molecule has 4 nitrogen and oxygen atoms in total. The first-order chi connectivity index (χ1) is 26.3. The van der Waals surface area contributed by atoms with Crippen LogP contribution in [0, 0.1) is 0 Å². The van der Waals surface area contributed by atoms with E-state index in [4.69, 9.17) is 14.1 Å². The van der Waals surface area contributed by atoms with Crippen molar-refractivity contribution in [2.45, 2.75) is 0 Å². The van der Waals surface area contributed by atoms with Gasteiger partial charge in [0.2, 0.25) is 0 Å². The minimum absolute atomic E-state index is 0.647. The fourth-order valence-electron chi connectivity index (χ4n) is 8.12. The van der Waals surface area contributed by atoms with E-state index in [0.717, 1.165) is 72.2 Å². The molecule has 0 spiro atoms. The lowest BCUT2D eigenvalue weighted by Gasteiger charge is -2.14. The molecule has 0 amide bonds. The highest BCUT2D eigenvalue weighted by Gasteiger charge is 2.30. The number of nitrogens with one attached hydrogen (secondary N) is 1. The molecule has 1 N–H and O–H groups in total. The molecule has 246 valence electrons. The van der Waals surface area contributed by atoms with Crippen molar-refractivity contribution >= 4 is 82.5 Å². The predicted octanol–water partition coefficient (Wildman–Crippen LogP) is 11.2. The molecule has 0 fully saturated rings. The summed E-state index contributed by atoms with van der Waals surface area (Å²) in [4.78, 5) is 5.28. The van der Waals surface area contributed by atoms with Crippen molar-refractivity contribution in [1.29, 1.82) is 0 Å². The second-order valence-electron chi connectivity index (χ2n) is 13.6. The summed E-state index contributed by atoms with van der Waals surface area (Å²) in [5.41, 5.74) is 6.75. The number of para-hydroxylation sites is 1. The molecule has 0 unspecified atom stereocenters. The zero-order valence-electron chi connectivity index (χ0n) is 28.5. The molecule has 0 atom stereocenters. The molecule has 11 rings (SSSR count). The van der Waals surface area contributed by atoms with Crippen LogP contribution >= 0.6 is 0 Å². The zero-order chi connectivity index (χ0) is 34.9. The minimum atomic E-state index is 0.647. The Morgan fingerprint density at radius 3 is 1.92 bits per heavy atom. The van der Waals surface area contributed by atoms with Crippen molar-refractivity contribution in [2.24, 2.45) is 4.99 Å². The maximum Gasteiger partial charge on any atom is 0.360 e. The third-order valence-electron chi connectivity index (χ3n) is 10.5. The van der Waals surface area contributed by atoms with E-state index in [2.05, 4.69) is 151 Å². The molecule has 0 radical (unpaired) electrons. The summed E-state index contributed by atoms with van der Waals surface area (Å²) < 4.78 is 11.9. The van der Waals surface area contributed by atoms with Crippen LogP contribution < -0.4 is 9.98 Å². The van der Waals surface area contributed by atoms with Crippen molar-refractivity contribution in [3.05, 3.63) is 193 Å². The molecule has 0 saturated carbocycles. The number of amidine groups is 3. The summed E-state index contributed by atoms with van der Waals surface area (Å²) >= 11 is 0. The van der Waals surface area contributed by atoms with E-state index in [1.54, 1.807) is 0 Å². The van der Waals surface area contributed by atoms with Crippen molar-refractivity contribution in [1.82, 2.24) is 9.98 Å². The highest BCUT2D eigenvalue weighted by Crippen LogP contribution is 2.38. The van der Waals surface area contributed by atoms with Crippen molar-refractivity contribution in [2.75, 3.05) is 0 Å². The molecule has 9 aromatic carbocycles. The van der Waals surface area contributed by atoms with Gasteiger partial charge in [-0.3, -0.25) is 0 Å². The Morgan fingerprint density at radius 2 is 1.08 bits per heavy atom. The van der Waals surface area contributed by atoms with E-state index in [0.29, 0.717) is 5.84 Å². The molecule has 0 saturated heterocycles. The van der Waals surface area contributed by atoms with Crippen molar-refractivity contribution < 1.29 is 4.42 Å². The SMILES string of the molecule is c1ccc(C2=[N+]=C(c3cc(-c4cccc5ccccc45)cc4oc5ccccc5c34)NC(c3cc4ccc5ccccc5c4c4ccccc34)=N2)cc1. The fraction of sp³-hybridized carbons (Fsp3) is 0. The predicted molar refractivity (Wildman–Crippen MR) is 222 cm³/mol. The Balaban J connectivity index is 1.19. The van der Waals surface area contributed by atoms with Gasteiger partial charge in [-0.1, -0.05) is 145 Å². The van der Waals surface area contributed by atoms with Crippen LogP contribution in [0.25, 0.3) is 76.2 Å². The maximum atomic E-state index is 6.60. The number of aliphatic imine (C=N–C) groups is 1. The highest BCUT2D eigenvalue weighted by molar-refractivity contribution is 6.32. The number of furan rings is 1. The average Bonchev–Trinajstić information content (AvgIpc) is 3.61. The van der Waals surface area contributed by atoms with Crippen LogP contribution in [0.3, 0.4) is 0 Å². The van der Waals surface area contributed by atoms with Gasteiger partial charge >= 0.3 is 11.7 Å². The number of hydrogen-bond acceptors (Lipinski definition) is 3. The van der Waals surface area contributed by atoms with Crippen LogP contribution in [0.1, 0.15) is 16.7 Å². The van der Waals surface area contributed by atoms with Gasteiger partial charge in [0.1, 0.15) is 11.2 Å². The van der Waals surface area contributed by atoms with Gasteiger partial charge in [0.25, 0.3) is 5.84 Å². The van der Waals surface area contributed by atoms with Gasteiger partial charge < -0.3 is 4.42 Å². The van der Waals surface area contributed by atoms with Gasteiger partial charge in [0.15, 0.2) is 0 Å². The van der Waals surface area contributed by atoms with Gasteiger partial charge in [0.05, 0.1) is 16.7 Å². The maximum absolute atomic E-state index is 6.60. The Morgan fingerprint density at radius 1 is 0.415 bits per heavy atom. The second-order valence-corrected chi connectivity index (χ2v) is 13.6. The van der Waals surface area contributed by atoms with Crippen LogP contribution in [0.5, 0.6) is 0 Å². The van der Waals surface area contributed by atoms with Crippen molar-refractivity contribution in [3.8, 4) is 11.1 Å². The molecule has 0 aliphatic carbocycles. The lowest BCUT2D eigenvalue weighted by molar-refractivity contribution is 0.669. The summed E-state index contributed by atoms with van der Waals surface area (Å²) in [6.07, 6.45) is 0. The average molecular weight is 677 g/mol. The molecular formula is C49H30N3O+. The molecule has 1 aromatic heterocycles. The van der Waals surface area contributed by atoms with E-state index in [1.807, 2.05) is 30.3 Å². The second kappa shape index (κ2) is 11.6. The molecule has 53 heavy (non-hydrogen) atoms. The molecule has 1 aliphatic rings. The lowest BCUT2D eigenvalue weighted by Crippen LogP contribution is -2.38. The first kappa shape index (κ1) is 29.5. The summed E-state index contributed by atoms with van der Waals surface area (Å²) in [5.74, 6) is 2.11. The lowest BCUT2D eigenvalue weighted by atomic mass is 9.92. The van der Waals surface area contributed by atoms with Gasteiger partial charge in [-0.15, -0.1) is 0 Å². The van der Waals surface area contributed by atoms with Crippen LogP contribution in [0.4, 0.5) is 0 Å². The van der Waals surface area contributed by atoms with Gasteiger partial charge in [-0.2, -0.15) is 0 Å². The van der Waals surface area contributed by atoms with E-state index < -0.39 is 0 Å². The molecule has 0 bridgehead atoms. The third kappa shape index (κ3) is 4.71. The fourth-order valence-corrected chi connectivity index (χ4v) is 8.12. The largest absolute Gasteiger partial charge is 0.456 e. The van der Waals surface area contributed by atoms with Gasteiger partial charge in [0, 0.05) is 10.8 Å². The zero-order valence-corrected chi connectivity index (χ0v) is 28.5. The standard InChI is InChI=1S/C49H29N3O/c1-2-15-32(16-3-1)47-50-48(41-27-33-26-25-31-14-5-7-19-37(31)45(33)39-21-9-8-20-38(39)41)52-49(51-47)42-28-34(36-23-12-17-30-13-4-6-18-35(30)36)29-44-46(42)40-22-10-11-24-43(40)53-44/h1-29H/p+1. The highest BCUT2D eigenvalue weighted by atomic mass is 16.3. The van der Waals surface area contributed by atoms with Crippen molar-refractivity contribution in [3.63, 3.8) is 0 Å². The number of nitrogens with zero attached hydrogens (tertiary/aromatic N) is 2. The van der Waals surface area contributed by atoms with Crippen LogP contribution in [0.2, 0.25) is 0 Å². The Hall–Kier alpha value is -7.26. The van der Waals surface area contributed by atoms with Gasteiger partial charge in [-0.25, -0.2) is 9.98 Å². The number of hydrogen-bond donors (Lipinski definition) is 1. The van der Waals surface area contributed by atoms with E-state index >= 15 is 0 Å². The Labute approximate surface area is 304 Å². The molecule has 4 heteroatoms. The first-order valence-corrected chi connectivity index (χ1v) is 17.9. The smallest absolute Gasteiger partial charge is 0.360 e. The molecule has 1 aliphatic heterocycles. The molecule has 10 aromatic rings. The number of rotatable bonds is 4. The van der Waals surface area contributed by atoms with Gasteiger partial charge in [-0.05, 0) is 90.6 Å². The summed E-state index contributed by atoms with van der Waals surface area (Å²) in [7, 11) is 0. The Bertz CT molecular complexity index is 3230. The summed E-state index contributed by atoms with van der Waals surface area (Å²) in [6, 6.07) is 61.9. The summed E-state index contributed by atoms with van der Waals surface area (Å²) in [5, 5.41) is 15.4. The number of fused-ring (bicyclic) bond motifs is 9. The van der Waals surface area contributed by atoms with Crippen LogP contribution in [0.15, 0.2) is 185 Å². The Kier molecular flexibility index (Phi) is 6.47. The van der Waals surface area contributed by atoms with E-state index in [9.17, 15) is 0 Å². The van der Waals surface area contributed by atoms with E-state index in [1.165, 1.54) is 32.3 Å². The summed E-state index contributed by atoms with van der Waals surface area (Å²) in [6.45, 7) is 0. The van der Waals surface area contributed by atoms with Crippen LogP contribution in [-0.2, 0) is 0 Å². The first-order valence-electron chi connectivity index (χ1n) is 17.9. The minimum Gasteiger partial charge on any atom is -0.456 e. The van der Waals surface area contributed by atoms with Crippen LogP contribution in [-0.4, -0.2) is 17.5 Å². The molecular weight excluding hydrogens is 647 g/mol. The number of benzene rings is 9.